The number of ether oxygens (including phenoxy) is 1. The van der Waals surface area contributed by atoms with E-state index in [1.54, 1.807) is 16.6 Å². The number of hydrogen-bond acceptors (Lipinski definition) is 5. The van der Waals surface area contributed by atoms with Gasteiger partial charge in [0, 0.05) is 31.1 Å². The van der Waals surface area contributed by atoms with Gasteiger partial charge in [-0.1, -0.05) is 32.2 Å². The predicted molar refractivity (Wildman–Crippen MR) is 136 cm³/mol. The zero-order valence-corrected chi connectivity index (χ0v) is 19.0. The van der Waals surface area contributed by atoms with Gasteiger partial charge in [0.25, 0.3) is 5.91 Å². The SMILES string of the molecule is C.C=CC(=O)N1CC2(CC(n3nc(-c4ccc(Oc5ccccc5)cc4)c(C(=O)NC)c3N)C2)C1. The summed E-state index contributed by atoms with van der Waals surface area (Å²) in [4.78, 5) is 26.3. The Bertz CT molecular complexity index is 1240. The predicted octanol–water partition coefficient (Wildman–Crippen LogP) is 4.27. The van der Waals surface area contributed by atoms with Crippen molar-refractivity contribution in [1.82, 2.24) is 20.0 Å². The third-order valence-electron chi connectivity index (χ3n) is 6.73. The van der Waals surface area contributed by atoms with Crippen LogP contribution in [0.2, 0.25) is 0 Å². The number of likely N-dealkylation sites (tertiary alicyclic amines) is 1. The summed E-state index contributed by atoms with van der Waals surface area (Å²) in [5, 5.41) is 7.45. The molecule has 0 radical (unpaired) electrons. The van der Waals surface area contributed by atoms with Crippen LogP contribution in [-0.2, 0) is 4.79 Å². The Morgan fingerprint density at radius 2 is 1.74 bits per heavy atom. The zero-order chi connectivity index (χ0) is 23.9. The summed E-state index contributed by atoms with van der Waals surface area (Å²) < 4.78 is 7.65. The fourth-order valence-electron chi connectivity index (χ4n) is 5.00. The molecule has 0 unspecified atom stereocenters. The molecule has 1 saturated carbocycles. The highest BCUT2D eigenvalue weighted by Crippen LogP contribution is 2.55. The molecular weight excluding hydrogens is 442 g/mol. The Labute approximate surface area is 205 Å². The Hall–Kier alpha value is -4.07. The molecule has 1 aliphatic heterocycles. The molecule has 3 N–H and O–H groups in total. The minimum atomic E-state index is -0.274. The van der Waals surface area contributed by atoms with Crippen molar-refractivity contribution in [1.29, 1.82) is 0 Å². The van der Waals surface area contributed by atoms with Crippen molar-refractivity contribution < 1.29 is 14.3 Å². The van der Waals surface area contributed by atoms with E-state index in [2.05, 4.69) is 11.9 Å². The summed E-state index contributed by atoms with van der Waals surface area (Å²) in [5.41, 5.74) is 8.26. The first kappa shape index (κ1) is 24.1. The van der Waals surface area contributed by atoms with Crippen LogP contribution in [0.5, 0.6) is 11.5 Å². The van der Waals surface area contributed by atoms with Gasteiger partial charge in [0.2, 0.25) is 5.91 Å². The van der Waals surface area contributed by atoms with Crippen LogP contribution in [-0.4, -0.2) is 46.6 Å². The second-order valence-electron chi connectivity index (χ2n) is 9.03. The molecule has 2 aromatic carbocycles. The van der Waals surface area contributed by atoms with Crippen molar-refractivity contribution in [2.75, 3.05) is 25.9 Å². The molecule has 3 aromatic rings. The summed E-state index contributed by atoms with van der Waals surface area (Å²) in [6.45, 7) is 5.01. The molecule has 2 heterocycles. The van der Waals surface area contributed by atoms with E-state index in [1.807, 2.05) is 54.6 Å². The Kier molecular flexibility index (Phi) is 6.39. The number of rotatable bonds is 6. The van der Waals surface area contributed by atoms with E-state index in [0.717, 1.165) is 37.2 Å². The van der Waals surface area contributed by atoms with Gasteiger partial charge in [0.1, 0.15) is 28.6 Å². The standard InChI is InChI=1S/C26H27N5O3.CH4/c1-3-21(32)30-15-26(16-30)13-18(14-26)31-24(27)22(25(33)28-2)23(29-31)17-9-11-20(12-10-17)34-19-7-5-4-6-8-19;/h3-12,18H,1,13-16,27H2,2H3,(H,28,33);1H4. The Balaban J connectivity index is 0.00000289. The van der Waals surface area contributed by atoms with E-state index in [1.165, 1.54) is 6.08 Å². The maximum absolute atomic E-state index is 12.7. The van der Waals surface area contributed by atoms with Crippen LogP contribution in [0.15, 0.2) is 67.3 Å². The van der Waals surface area contributed by atoms with E-state index in [4.69, 9.17) is 15.6 Å². The normalized spacial score (nSPS) is 16.0. The number of nitrogens with zero attached hydrogens (tertiary/aromatic N) is 3. The van der Waals surface area contributed by atoms with Gasteiger partial charge in [-0.25, -0.2) is 4.68 Å². The van der Waals surface area contributed by atoms with Gasteiger partial charge in [0.05, 0.1) is 6.04 Å². The number of aromatic nitrogens is 2. The highest BCUT2D eigenvalue weighted by atomic mass is 16.5. The molecule has 8 nitrogen and oxygen atoms in total. The van der Waals surface area contributed by atoms with Gasteiger partial charge in [0.15, 0.2) is 0 Å². The molecular formula is C27H31N5O3. The fourth-order valence-corrected chi connectivity index (χ4v) is 5.00. The van der Waals surface area contributed by atoms with E-state index >= 15 is 0 Å². The number of nitrogens with two attached hydrogens (primary N) is 1. The molecule has 5 rings (SSSR count). The largest absolute Gasteiger partial charge is 0.457 e. The number of nitrogen functional groups attached to an aromatic ring is 1. The summed E-state index contributed by atoms with van der Waals surface area (Å²) in [7, 11) is 1.58. The van der Waals surface area contributed by atoms with Crippen LogP contribution >= 0.6 is 0 Å². The molecule has 1 saturated heterocycles. The third-order valence-corrected chi connectivity index (χ3v) is 6.73. The first-order chi connectivity index (χ1) is 16.4. The number of amides is 2. The summed E-state index contributed by atoms with van der Waals surface area (Å²) in [6, 6.07) is 17.1. The molecule has 2 aliphatic rings. The average Bonchev–Trinajstić information content (AvgIpc) is 3.14. The lowest BCUT2D eigenvalue weighted by Gasteiger charge is -2.58. The number of para-hydroxylation sites is 1. The molecule has 8 heteroatoms. The van der Waals surface area contributed by atoms with Gasteiger partial charge < -0.3 is 20.7 Å². The van der Waals surface area contributed by atoms with Crippen molar-refractivity contribution in [2.45, 2.75) is 26.3 Å². The van der Waals surface area contributed by atoms with Gasteiger partial charge in [-0.2, -0.15) is 5.10 Å². The van der Waals surface area contributed by atoms with E-state index in [9.17, 15) is 9.59 Å². The topological polar surface area (TPSA) is 102 Å². The number of hydrogen-bond donors (Lipinski definition) is 2. The van der Waals surface area contributed by atoms with Crippen LogP contribution < -0.4 is 15.8 Å². The van der Waals surface area contributed by atoms with Crippen molar-refractivity contribution in [3.05, 3.63) is 72.8 Å². The molecule has 1 aromatic heterocycles. The maximum atomic E-state index is 12.7. The van der Waals surface area contributed by atoms with Crippen molar-refractivity contribution >= 4 is 17.6 Å². The summed E-state index contributed by atoms with van der Waals surface area (Å²) in [5.74, 6) is 1.49. The monoisotopic (exact) mass is 473 g/mol. The molecule has 2 fully saturated rings. The van der Waals surface area contributed by atoms with Crippen LogP contribution in [0.3, 0.4) is 0 Å². The van der Waals surface area contributed by atoms with E-state index in [-0.39, 0.29) is 30.7 Å². The molecule has 0 atom stereocenters. The van der Waals surface area contributed by atoms with E-state index in [0.29, 0.717) is 22.8 Å². The number of benzene rings is 2. The molecule has 1 spiro atoms. The Morgan fingerprint density at radius 3 is 2.34 bits per heavy atom. The number of carbonyl (C=O) groups is 2. The second kappa shape index (κ2) is 9.29. The third kappa shape index (κ3) is 4.27. The first-order valence-corrected chi connectivity index (χ1v) is 11.3. The number of anilines is 1. The van der Waals surface area contributed by atoms with Crippen molar-refractivity contribution in [2.24, 2.45) is 5.41 Å². The van der Waals surface area contributed by atoms with Gasteiger partial charge >= 0.3 is 0 Å². The van der Waals surface area contributed by atoms with Crippen LogP contribution in [0.4, 0.5) is 5.82 Å². The first-order valence-electron chi connectivity index (χ1n) is 11.3. The minimum Gasteiger partial charge on any atom is -0.457 e. The number of nitrogens with one attached hydrogen (secondary N) is 1. The summed E-state index contributed by atoms with van der Waals surface area (Å²) >= 11 is 0. The lowest BCUT2D eigenvalue weighted by molar-refractivity contribution is -0.148. The quantitative estimate of drug-likeness (QED) is 0.521. The molecule has 0 bridgehead atoms. The fraction of sp³-hybridized carbons (Fsp3) is 0.296. The molecule has 182 valence electrons. The van der Waals surface area contributed by atoms with E-state index < -0.39 is 0 Å². The zero-order valence-electron chi connectivity index (χ0n) is 19.0. The van der Waals surface area contributed by atoms with Crippen LogP contribution in [0, 0.1) is 5.41 Å². The van der Waals surface area contributed by atoms with Gasteiger partial charge in [-0.3, -0.25) is 9.59 Å². The van der Waals surface area contributed by atoms with Crippen LogP contribution in [0.1, 0.15) is 36.7 Å². The lowest BCUT2D eigenvalue weighted by Crippen LogP contribution is -2.63. The van der Waals surface area contributed by atoms with Gasteiger partial charge in [-0.15, -0.1) is 0 Å². The highest BCUT2D eigenvalue weighted by Gasteiger charge is 2.54. The molecule has 2 amide bonds. The highest BCUT2D eigenvalue weighted by molar-refractivity contribution is 6.04. The van der Waals surface area contributed by atoms with Gasteiger partial charge in [-0.05, 0) is 55.3 Å². The van der Waals surface area contributed by atoms with Crippen LogP contribution in [0.25, 0.3) is 11.3 Å². The summed E-state index contributed by atoms with van der Waals surface area (Å²) in [6.07, 6.45) is 3.10. The smallest absolute Gasteiger partial charge is 0.257 e. The number of carbonyl (C=O) groups excluding carboxylic acids is 2. The van der Waals surface area contributed by atoms with Crippen molar-refractivity contribution in [3.63, 3.8) is 0 Å². The van der Waals surface area contributed by atoms with Crippen molar-refractivity contribution in [3.8, 4) is 22.8 Å². The lowest BCUT2D eigenvalue weighted by atomic mass is 9.60. The Morgan fingerprint density at radius 1 is 1.11 bits per heavy atom. The average molecular weight is 474 g/mol. The second-order valence-corrected chi connectivity index (χ2v) is 9.03. The minimum absolute atomic E-state index is 0. The maximum Gasteiger partial charge on any atom is 0.257 e. The molecule has 35 heavy (non-hydrogen) atoms. The molecule has 1 aliphatic carbocycles.